The molecule has 0 fully saturated rings. The number of hydrogen-bond donors (Lipinski definition) is 1. The van der Waals surface area contributed by atoms with Gasteiger partial charge in [0.05, 0.1) is 6.61 Å². The van der Waals surface area contributed by atoms with Crippen LogP contribution in [0.25, 0.3) is 0 Å². The molecule has 62 valence electrons. The minimum absolute atomic E-state index is 0.0621. The summed E-state index contributed by atoms with van der Waals surface area (Å²) in [4.78, 5) is 10.4. The van der Waals surface area contributed by atoms with Crippen molar-refractivity contribution in [2.24, 2.45) is 0 Å². The van der Waals surface area contributed by atoms with Gasteiger partial charge in [0.1, 0.15) is 6.29 Å². The van der Waals surface area contributed by atoms with E-state index in [1.54, 1.807) is 6.07 Å². The maximum atomic E-state index is 10.4. The standard InChI is InChI=1S/C9H8O3/c10-5-6-3-7-1-2-12-9(7)8(11)4-6/h3-5,11H,1-2H2. The van der Waals surface area contributed by atoms with Crippen molar-refractivity contribution in [3.8, 4) is 11.5 Å². The summed E-state index contributed by atoms with van der Waals surface area (Å²) in [6, 6.07) is 3.16. The van der Waals surface area contributed by atoms with Crippen LogP contribution in [0.15, 0.2) is 12.1 Å². The summed E-state index contributed by atoms with van der Waals surface area (Å²) in [5.41, 5.74) is 1.41. The largest absolute Gasteiger partial charge is 0.504 e. The summed E-state index contributed by atoms with van der Waals surface area (Å²) in [5, 5.41) is 9.36. The highest BCUT2D eigenvalue weighted by Gasteiger charge is 2.16. The lowest BCUT2D eigenvalue weighted by Crippen LogP contribution is -1.86. The molecule has 2 rings (SSSR count). The van der Waals surface area contributed by atoms with Crippen LogP contribution in [0.2, 0.25) is 0 Å². The lowest BCUT2D eigenvalue weighted by molar-refractivity contribution is 0.112. The molecule has 0 unspecified atom stereocenters. The van der Waals surface area contributed by atoms with Crippen LogP contribution < -0.4 is 4.74 Å². The third kappa shape index (κ3) is 0.942. The molecule has 1 heterocycles. The van der Waals surface area contributed by atoms with Crippen LogP contribution in [-0.4, -0.2) is 18.0 Å². The zero-order valence-electron chi connectivity index (χ0n) is 6.41. The summed E-state index contributed by atoms with van der Waals surface area (Å²) in [6.45, 7) is 0.588. The number of benzene rings is 1. The van der Waals surface area contributed by atoms with Crippen LogP contribution in [0.3, 0.4) is 0 Å². The van der Waals surface area contributed by atoms with Crippen LogP contribution >= 0.6 is 0 Å². The number of aromatic hydroxyl groups is 1. The van der Waals surface area contributed by atoms with E-state index in [4.69, 9.17) is 4.74 Å². The Hall–Kier alpha value is -1.51. The molecule has 3 heteroatoms. The van der Waals surface area contributed by atoms with Crippen molar-refractivity contribution < 1.29 is 14.6 Å². The van der Waals surface area contributed by atoms with Crippen LogP contribution in [-0.2, 0) is 6.42 Å². The molecule has 0 radical (unpaired) electrons. The molecule has 0 saturated heterocycles. The van der Waals surface area contributed by atoms with Gasteiger partial charge >= 0.3 is 0 Å². The molecular formula is C9H8O3. The number of carbonyl (C=O) groups excluding carboxylic acids is 1. The maximum Gasteiger partial charge on any atom is 0.164 e. The third-order valence-corrected chi connectivity index (χ3v) is 1.92. The van der Waals surface area contributed by atoms with Crippen molar-refractivity contribution in [3.63, 3.8) is 0 Å². The van der Waals surface area contributed by atoms with Gasteiger partial charge in [-0.2, -0.15) is 0 Å². The summed E-state index contributed by atoms with van der Waals surface area (Å²) in [7, 11) is 0. The molecule has 3 nitrogen and oxygen atoms in total. The molecule has 1 aromatic rings. The van der Waals surface area contributed by atoms with Gasteiger partial charge < -0.3 is 9.84 Å². The zero-order chi connectivity index (χ0) is 8.55. The highest BCUT2D eigenvalue weighted by molar-refractivity contribution is 5.77. The molecule has 0 atom stereocenters. The van der Waals surface area contributed by atoms with Gasteiger partial charge in [-0.25, -0.2) is 0 Å². The second-order valence-corrected chi connectivity index (χ2v) is 2.74. The molecule has 1 N–H and O–H groups in total. The fourth-order valence-electron chi connectivity index (χ4n) is 1.38. The fourth-order valence-corrected chi connectivity index (χ4v) is 1.38. The Bertz CT molecular complexity index is 331. The molecule has 12 heavy (non-hydrogen) atoms. The van der Waals surface area contributed by atoms with Crippen molar-refractivity contribution in [1.29, 1.82) is 0 Å². The zero-order valence-corrected chi connectivity index (χ0v) is 6.41. The number of rotatable bonds is 1. The van der Waals surface area contributed by atoms with Crippen molar-refractivity contribution in [2.45, 2.75) is 6.42 Å². The Morgan fingerprint density at radius 1 is 1.50 bits per heavy atom. The Morgan fingerprint density at radius 2 is 2.33 bits per heavy atom. The molecule has 0 bridgehead atoms. The van der Waals surface area contributed by atoms with E-state index in [2.05, 4.69) is 0 Å². The Balaban J connectivity index is 2.58. The van der Waals surface area contributed by atoms with Crippen molar-refractivity contribution in [2.75, 3.05) is 6.61 Å². The molecule has 1 aliphatic rings. The first-order valence-electron chi connectivity index (χ1n) is 3.75. The van der Waals surface area contributed by atoms with E-state index >= 15 is 0 Å². The van der Waals surface area contributed by atoms with E-state index in [0.29, 0.717) is 17.9 Å². The topological polar surface area (TPSA) is 46.5 Å². The van der Waals surface area contributed by atoms with E-state index in [1.807, 2.05) is 0 Å². The Kier molecular flexibility index (Phi) is 1.50. The quantitative estimate of drug-likeness (QED) is 0.633. The SMILES string of the molecule is O=Cc1cc(O)c2c(c1)CCO2. The number of fused-ring (bicyclic) bond motifs is 1. The van der Waals surface area contributed by atoms with Gasteiger partial charge in [-0.15, -0.1) is 0 Å². The van der Waals surface area contributed by atoms with Gasteiger partial charge in [0, 0.05) is 17.5 Å². The van der Waals surface area contributed by atoms with Crippen molar-refractivity contribution >= 4 is 6.29 Å². The molecular weight excluding hydrogens is 156 g/mol. The average Bonchev–Trinajstić information content (AvgIpc) is 2.52. The fraction of sp³-hybridized carbons (Fsp3) is 0.222. The molecule has 1 aromatic carbocycles. The normalized spacial score (nSPS) is 13.7. The monoisotopic (exact) mass is 164 g/mol. The van der Waals surface area contributed by atoms with Gasteiger partial charge in [-0.05, 0) is 12.1 Å². The summed E-state index contributed by atoms with van der Waals surface area (Å²) >= 11 is 0. The van der Waals surface area contributed by atoms with Gasteiger partial charge in [-0.3, -0.25) is 4.79 Å². The average molecular weight is 164 g/mol. The highest BCUT2D eigenvalue weighted by atomic mass is 16.5. The number of phenolic OH excluding ortho intramolecular Hbond substituents is 1. The first-order valence-corrected chi connectivity index (χ1v) is 3.75. The lowest BCUT2D eigenvalue weighted by Gasteiger charge is -2.01. The van der Waals surface area contributed by atoms with Gasteiger partial charge in [-0.1, -0.05) is 0 Å². The molecule has 0 spiro atoms. The first-order chi connectivity index (χ1) is 5.81. The summed E-state index contributed by atoms with van der Waals surface area (Å²) in [6.07, 6.45) is 1.49. The van der Waals surface area contributed by atoms with Crippen molar-refractivity contribution in [1.82, 2.24) is 0 Å². The Morgan fingerprint density at radius 3 is 3.08 bits per heavy atom. The molecule has 1 aliphatic heterocycles. The van der Waals surface area contributed by atoms with Gasteiger partial charge in [0.15, 0.2) is 11.5 Å². The summed E-state index contributed by atoms with van der Waals surface area (Å²) < 4.78 is 5.16. The Labute approximate surface area is 69.6 Å². The maximum absolute atomic E-state index is 10.4. The van der Waals surface area contributed by atoms with Crippen LogP contribution in [0.1, 0.15) is 15.9 Å². The van der Waals surface area contributed by atoms with E-state index in [1.165, 1.54) is 6.07 Å². The number of ether oxygens (including phenoxy) is 1. The molecule has 0 aromatic heterocycles. The van der Waals surface area contributed by atoms with Crippen molar-refractivity contribution in [3.05, 3.63) is 23.3 Å². The van der Waals surface area contributed by atoms with Gasteiger partial charge in [0.2, 0.25) is 0 Å². The molecule has 0 saturated carbocycles. The number of carbonyl (C=O) groups is 1. The van der Waals surface area contributed by atoms with Gasteiger partial charge in [0.25, 0.3) is 0 Å². The second-order valence-electron chi connectivity index (χ2n) is 2.74. The molecule has 0 amide bonds. The number of phenols is 1. The third-order valence-electron chi connectivity index (χ3n) is 1.92. The minimum atomic E-state index is 0.0621. The number of aldehydes is 1. The second kappa shape index (κ2) is 2.52. The predicted molar refractivity (Wildman–Crippen MR) is 42.7 cm³/mol. The van der Waals surface area contributed by atoms with Crippen LogP contribution in [0.4, 0.5) is 0 Å². The van der Waals surface area contributed by atoms with E-state index in [0.717, 1.165) is 18.3 Å². The first kappa shape index (κ1) is 7.16. The predicted octanol–water partition coefficient (Wildman–Crippen LogP) is 1.14. The van der Waals surface area contributed by atoms with Crippen LogP contribution in [0.5, 0.6) is 11.5 Å². The van der Waals surface area contributed by atoms with Crippen LogP contribution in [0, 0.1) is 0 Å². The summed E-state index contributed by atoms with van der Waals surface area (Å²) in [5.74, 6) is 0.590. The lowest BCUT2D eigenvalue weighted by atomic mass is 10.1. The van der Waals surface area contributed by atoms with E-state index in [9.17, 15) is 9.90 Å². The van der Waals surface area contributed by atoms with E-state index < -0.39 is 0 Å². The number of hydrogen-bond acceptors (Lipinski definition) is 3. The molecule has 0 aliphatic carbocycles. The smallest absolute Gasteiger partial charge is 0.164 e. The highest BCUT2D eigenvalue weighted by Crippen LogP contribution is 2.35. The minimum Gasteiger partial charge on any atom is -0.504 e. The van der Waals surface area contributed by atoms with E-state index in [-0.39, 0.29) is 5.75 Å².